The molecule has 0 saturated carbocycles. The van der Waals surface area contributed by atoms with Crippen LogP contribution in [0, 0.1) is 5.92 Å². The summed E-state index contributed by atoms with van der Waals surface area (Å²) in [5.41, 5.74) is 6.08. The molecule has 0 aliphatic carbocycles. The minimum atomic E-state index is -0.624. The number of nitrogens with two attached hydrogens (primary N) is 1. The number of hydrogen-bond acceptors (Lipinski definition) is 6. The van der Waals surface area contributed by atoms with Crippen LogP contribution in [0.4, 0.5) is 5.82 Å². The zero-order valence-corrected chi connectivity index (χ0v) is 13.2. The lowest BCUT2D eigenvalue weighted by molar-refractivity contribution is -0.146. The van der Waals surface area contributed by atoms with Crippen LogP contribution in [0.2, 0.25) is 0 Å². The van der Waals surface area contributed by atoms with Crippen molar-refractivity contribution in [3.8, 4) is 0 Å². The first-order valence-electron chi connectivity index (χ1n) is 7.00. The van der Waals surface area contributed by atoms with Crippen LogP contribution in [0.3, 0.4) is 0 Å². The topological polar surface area (TPSA) is 96.4 Å². The van der Waals surface area contributed by atoms with E-state index in [-0.39, 0.29) is 24.0 Å². The average molecular weight is 297 g/mol. The van der Waals surface area contributed by atoms with Crippen molar-refractivity contribution in [1.82, 2.24) is 9.55 Å². The van der Waals surface area contributed by atoms with E-state index >= 15 is 0 Å². The molecule has 21 heavy (non-hydrogen) atoms. The lowest BCUT2D eigenvalue weighted by Crippen LogP contribution is -2.28. The highest BCUT2D eigenvalue weighted by atomic mass is 16.5. The number of carbonyl (C=O) groups is 2. The molecule has 0 aliphatic rings. The maximum atomic E-state index is 12.0. The van der Waals surface area contributed by atoms with Crippen molar-refractivity contribution < 1.29 is 19.1 Å². The van der Waals surface area contributed by atoms with Crippen molar-refractivity contribution in [2.24, 2.45) is 5.92 Å². The van der Waals surface area contributed by atoms with Gasteiger partial charge in [0.15, 0.2) is 5.69 Å². The van der Waals surface area contributed by atoms with Crippen LogP contribution < -0.4 is 5.73 Å². The monoisotopic (exact) mass is 297 g/mol. The Morgan fingerprint density at radius 3 is 2.38 bits per heavy atom. The van der Waals surface area contributed by atoms with Gasteiger partial charge in [0.1, 0.15) is 17.7 Å². The Morgan fingerprint density at radius 2 is 1.95 bits per heavy atom. The minimum absolute atomic E-state index is 0.0447. The second-order valence-electron chi connectivity index (χ2n) is 4.92. The number of ether oxygens (including phenoxy) is 2. The molecule has 1 atom stereocenters. The fourth-order valence-corrected chi connectivity index (χ4v) is 2.20. The average Bonchev–Trinajstić information content (AvgIpc) is 2.76. The number of anilines is 1. The summed E-state index contributed by atoms with van der Waals surface area (Å²) in [4.78, 5) is 28.1. The van der Waals surface area contributed by atoms with E-state index in [1.165, 1.54) is 7.11 Å². The molecule has 7 heteroatoms. The number of methoxy groups -OCH3 is 1. The van der Waals surface area contributed by atoms with E-state index in [1.807, 2.05) is 20.8 Å². The highest BCUT2D eigenvalue weighted by Crippen LogP contribution is 2.28. The molecule has 7 nitrogen and oxygen atoms in total. The Morgan fingerprint density at radius 1 is 1.33 bits per heavy atom. The van der Waals surface area contributed by atoms with Gasteiger partial charge in [-0.3, -0.25) is 4.57 Å². The molecule has 1 heterocycles. The van der Waals surface area contributed by atoms with Crippen LogP contribution in [0.1, 0.15) is 50.0 Å². The molecule has 118 valence electrons. The van der Waals surface area contributed by atoms with E-state index in [0.29, 0.717) is 12.2 Å². The molecule has 1 aromatic rings. The third-order valence-electron chi connectivity index (χ3n) is 3.16. The number of aryl methyl sites for hydroxylation is 1. The largest absolute Gasteiger partial charge is 0.467 e. The van der Waals surface area contributed by atoms with E-state index in [2.05, 4.69) is 4.98 Å². The van der Waals surface area contributed by atoms with Gasteiger partial charge in [-0.1, -0.05) is 20.8 Å². The molecule has 0 spiro atoms. The molecule has 0 fully saturated rings. The number of esters is 2. The van der Waals surface area contributed by atoms with E-state index in [1.54, 1.807) is 11.5 Å². The predicted octanol–water partition coefficient (Wildman–Crippen LogP) is 1.57. The lowest BCUT2D eigenvalue weighted by atomic mass is 10.0. The molecule has 0 bridgehead atoms. The molecule has 1 unspecified atom stereocenters. The first kappa shape index (κ1) is 17.0. The Bertz CT molecular complexity index is 523. The highest BCUT2D eigenvalue weighted by molar-refractivity contribution is 5.92. The molecule has 1 rings (SSSR count). The van der Waals surface area contributed by atoms with Gasteiger partial charge in [0.2, 0.25) is 0 Å². The van der Waals surface area contributed by atoms with E-state index in [9.17, 15) is 9.59 Å². The van der Waals surface area contributed by atoms with Gasteiger partial charge in [-0.2, -0.15) is 0 Å². The number of rotatable bonds is 6. The van der Waals surface area contributed by atoms with Crippen molar-refractivity contribution >= 4 is 17.8 Å². The fraction of sp³-hybridized carbons (Fsp3) is 0.643. The molecule has 2 N–H and O–H groups in total. The van der Waals surface area contributed by atoms with E-state index in [4.69, 9.17) is 15.2 Å². The summed E-state index contributed by atoms with van der Waals surface area (Å²) in [5.74, 6) is -0.377. The molecule has 0 radical (unpaired) electrons. The van der Waals surface area contributed by atoms with E-state index < -0.39 is 18.0 Å². The predicted molar refractivity (Wildman–Crippen MR) is 77.9 cm³/mol. The summed E-state index contributed by atoms with van der Waals surface area (Å²) in [6.45, 7) is 7.57. The number of aromatic nitrogens is 2. The standard InChI is InChI=1S/C14H23N3O4/c1-6-9-16-10(13(18)21-7-2)12(15)17(9)11(8(3)4)14(19)20-5/h8,11H,6-7,15H2,1-5H3. The van der Waals surface area contributed by atoms with Gasteiger partial charge in [-0.15, -0.1) is 0 Å². The van der Waals surface area contributed by atoms with Gasteiger partial charge in [0.25, 0.3) is 0 Å². The van der Waals surface area contributed by atoms with Crippen molar-refractivity contribution in [2.75, 3.05) is 19.5 Å². The Kier molecular flexibility index (Phi) is 5.75. The second-order valence-corrected chi connectivity index (χ2v) is 4.92. The van der Waals surface area contributed by atoms with Crippen molar-refractivity contribution in [2.45, 2.75) is 40.2 Å². The van der Waals surface area contributed by atoms with Crippen LogP contribution in [0.5, 0.6) is 0 Å². The molecule has 1 aromatic heterocycles. The molecular formula is C14H23N3O4. The number of imidazole rings is 1. The summed E-state index contributed by atoms with van der Waals surface area (Å²) in [6.07, 6.45) is 0.532. The number of hydrogen-bond donors (Lipinski definition) is 1. The second kappa shape index (κ2) is 7.10. The Balaban J connectivity index is 3.39. The van der Waals surface area contributed by atoms with Gasteiger partial charge in [-0.05, 0) is 12.8 Å². The maximum absolute atomic E-state index is 12.0. The zero-order chi connectivity index (χ0) is 16.2. The van der Waals surface area contributed by atoms with E-state index in [0.717, 1.165) is 0 Å². The van der Waals surface area contributed by atoms with Gasteiger partial charge in [0.05, 0.1) is 13.7 Å². The SMILES string of the molecule is CCOC(=O)c1nc(CC)n(C(C(=O)OC)C(C)C)c1N. The summed E-state index contributed by atoms with van der Waals surface area (Å²) in [5, 5.41) is 0. The van der Waals surface area contributed by atoms with Crippen LogP contribution in [-0.2, 0) is 20.7 Å². The highest BCUT2D eigenvalue weighted by Gasteiger charge is 2.32. The van der Waals surface area contributed by atoms with Crippen molar-refractivity contribution in [1.29, 1.82) is 0 Å². The lowest BCUT2D eigenvalue weighted by Gasteiger charge is -2.22. The smallest absolute Gasteiger partial charge is 0.360 e. The Labute approximate surface area is 124 Å². The first-order chi connectivity index (χ1) is 9.88. The molecular weight excluding hydrogens is 274 g/mol. The number of nitrogen functional groups attached to an aromatic ring is 1. The van der Waals surface area contributed by atoms with Gasteiger partial charge >= 0.3 is 11.9 Å². The van der Waals surface area contributed by atoms with Crippen LogP contribution in [0.15, 0.2) is 0 Å². The van der Waals surface area contributed by atoms with Crippen molar-refractivity contribution in [3.05, 3.63) is 11.5 Å². The minimum Gasteiger partial charge on any atom is -0.467 e. The van der Waals surface area contributed by atoms with Crippen LogP contribution in [-0.4, -0.2) is 35.2 Å². The van der Waals surface area contributed by atoms with Crippen LogP contribution >= 0.6 is 0 Å². The summed E-state index contributed by atoms with van der Waals surface area (Å²) < 4.78 is 11.4. The molecule has 0 saturated heterocycles. The van der Waals surface area contributed by atoms with Gasteiger partial charge in [-0.25, -0.2) is 14.6 Å². The Hall–Kier alpha value is -2.05. The summed E-state index contributed by atoms with van der Waals surface area (Å²) in [7, 11) is 1.32. The molecule has 0 aromatic carbocycles. The van der Waals surface area contributed by atoms with Gasteiger partial charge in [0, 0.05) is 6.42 Å². The van der Waals surface area contributed by atoms with Crippen molar-refractivity contribution in [3.63, 3.8) is 0 Å². The van der Waals surface area contributed by atoms with Crippen LogP contribution in [0.25, 0.3) is 0 Å². The number of nitrogens with zero attached hydrogens (tertiary/aromatic N) is 2. The third kappa shape index (κ3) is 3.34. The fourth-order valence-electron chi connectivity index (χ4n) is 2.20. The summed E-state index contributed by atoms with van der Waals surface area (Å²) in [6, 6.07) is -0.624. The normalized spacial score (nSPS) is 12.3. The quantitative estimate of drug-likeness (QED) is 0.801. The summed E-state index contributed by atoms with van der Waals surface area (Å²) >= 11 is 0. The zero-order valence-electron chi connectivity index (χ0n) is 13.2. The maximum Gasteiger partial charge on any atom is 0.360 e. The molecule has 0 aliphatic heterocycles. The van der Waals surface area contributed by atoms with Gasteiger partial charge < -0.3 is 15.2 Å². The molecule has 0 amide bonds. The number of carbonyl (C=O) groups excluding carboxylic acids is 2. The first-order valence-corrected chi connectivity index (χ1v) is 7.00. The third-order valence-corrected chi connectivity index (χ3v) is 3.16.